The minimum Gasteiger partial charge on any atom is -0.314 e. The highest BCUT2D eigenvalue weighted by Gasteiger charge is 2.23. The summed E-state index contributed by atoms with van der Waals surface area (Å²) in [4.78, 5) is 0. The molecule has 2 atom stereocenters. The molecule has 102 valence electrons. The fourth-order valence-electron chi connectivity index (χ4n) is 3.46. The normalized spacial score (nSPS) is 22.1. The molecule has 1 N–H and O–H groups in total. The van der Waals surface area contributed by atoms with Crippen molar-refractivity contribution in [2.75, 3.05) is 6.54 Å². The molecule has 2 unspecified atom stereocenters. The second kappa shape index (κ2) is 8.97. The summed E-state index contributed by atoms with van der Waals surface area (Å²) in [7, 11) is 0. The van der Waals surface area contributed by atoms with Crippen LogP contribution in [-0.4, -0.2) is 12.6 Å². The van der Waals surface area contributed by atoms with Gasteiger partial charge in [0.2, 0.25) is 0 Å². The highest BCUT2D eigenvalue weighted by Crippen LogP contribution is 2.29. The Hall–Kier alpha value is -0.0400. The lowest BCUT2D eigenvalue weighted by atomic mass is 9.85. The molecule has 0 amide bonds. The summed E-state index contributed by atoms with van der Waals surface area (Å²) in [6, 6.07) is 0.791. The molecule has 17 heavy (non-hydrogen) atoms. The Balaban J connectivity index is 2.44. The van der Waals surface area contributed by atoms with Gasteiger partial charge in [-0.2, -0.15) is 0 Å². The molecule has 0 bridgehead atoms. The van der Waals surface area contributed by atoms with E-state index in [-0.39, 0.29) is 0 Å². The van der Waals surface area contributed by atoms with Gasteiger partial charge in [0.05, 0.1) is 0 Å². The van der Waals surface area contributed by atoms with Crippen LogP contribution in [0.2, 0.25) is 0 Å². The van der Waals surface area contributed by atoms with E-state index in [0.29, 0.717) is 0 Å². The fourth-order valence-corrected chi connectivity index (χ4v) is 3.46. The standard InChI is InChI=1S/C16H33N/c1-4-10-14(3)13-16(17-5-2)15-11-8-6-7-9-12-15/h14-17H,4-13H2,1-3H3. The van der Waals surface area contributed by atoms with Crippen LogP contribution in [0, 0.1) is 11.8 Å². The van der Waals surface area contributed by atoms with Crippen molar-refractivity contribution in [1.82, 2.24) is 5.32 Å². The van der Waals surface area contributed by atoms with Gasteiger partial charge in [-0.25, -0.2) is 0 Å². The first-order chi connectivity index (χ1) is 8.27. The Morgan fingerprint density at radius 1 is 1.06 bits per heavy atom. The van der Waals surface area contributed by atoms with Crippen LogP contribution in [-0.2, 0) is 0 Å². The predicted molar refractivity (Wildman–Crippen MR) is 77.3 cm³/mol. The molecule has 1 nitrogen and oxygen atoms in total. The molecule has 0 spiro atoms. The van der Waals surface area contributed by atoms with E-state index in [1.165, 1.54) is 57.8 Å². The zero-order valence-corrected chi connectivity index (χ0v) is 12.3. The van der Waals surface area contributed by atoms with Gasteiger partial charge in [-0.1, -0.05) is 59.3 Å². The number of hydrogen-bond donors (Lipinski definition) is 1. The van der Waals surface area contributed by atoms with Crippen LogP contribution in [0.3, 0.4) is 0 Å². The molecule has 0 heterocycles. The molecule has 0 aromatic rings. The van der Waals surface area contributed by atoms with Gasteiger partial charge in [-0.05, 0) is 37.6 Å². The van der Waals surface area contributed by atoms with Crippen molar-refractivity contribution in [3.8, 4) is 0 Å². The SMILES string of the molecule is CCCC(C)CC(NCC)C1CCCCCC1. The van der Waals surface area contributed by atoms with E-state index in [1.807, 2.05) is 0 Å². The van der Waals surface area contributed by atoms with Crippen molar-refractivity contribution in [1.29, 1.82) is 0 Å². The maximum atomic E-state index is 3.77. The lowest BCUT2D eigenvalue weighted by molar-refractivity contribution is 0.271. The van der Waals surface area contributed by atoms with Crippen molar-refractivity contribution >= 4 is 0 Å². The molecule has 0 aromatic carbocycles. The second-order valence-electron chi connectivity index (χ2n) is 6.05. The summed E-state index contributed by atoms with van der Waals surface area (Å²) in [6.07, 6.45) is 12.9. The second-order valence-corrected chi connectivity index (χ2v) is 6.05. The smallest absolute Gasteiger partial charge is 0.00977 e. The predicted octanol–water partition coefficient (Wildman–Crippen LogP) is 4.76. The average molecular weight is 239 g/mol. The Labute approximate surface area is 109 Å². The Morgan fingerprint density at radius 2 is 1.71 bits per heavy atom. The van der Waals surface area contributed by atoms with Gasteiger partial charge >= 0.3 is 0 Å². The van der Waals surface area contributed by atoms with Crippen LogP contribution in [0.15, 0.2) is 0 Å². The molecule has 1 fully saturated rings. The third kappa shape index (κ3) is 5.90. The molecule has 1 aliphatic carbocycles. The number of nitrogens with one attached hydrogen (secondary N) is 1. The summed E-state index contributed by atoms with van der Waals surface area (Å²) < 4.78 is 0. The summed E-state index contributed by atoms with van der Waals surface area (Å²) in [5.41, 5.74) is 0. The van der Waals surface area contributed by atoms with E-state index in [2.05, 4.69) is 26.1 Å². The Morgan fingerprint density at radius 3 is 2.24 bits per heavy atom. The highest BCUT2D eigenvalue weighted by molar-refractivity contribution is 4.79. The number of hydrogen-bond acceptors (Lipinski definition) is 1. The maximum Gasteiger partial charge on any atom is 0.00977 e. The first-order valence-corrected chi connectivity index (χ1v) is 8.01. The van der Waals surface area contributed by atoms with Crippen molar-refractivity contribution in [3.05, 3.63) is 0 Å². The Bertz CT molecular complexity index is 170. The average Bonchev–Trinajstić information content (AvgIpc) is 2.57. The monoisotopic (exact) mass is 239 g/mol. The highest BCUT2D eigenvalue weighted by atomic mass is 14.9. The Kier molecular flexibility index (Phi) is 7.92. The van der Waals surface area contributed by atoms with Crippen molar-refractivity contribution < 1.29 is 0 Å². The van der Waals surface area contributed by atoms with Gasteiger partial charge in [-0.15, -0.1) is 0 Å². The van der Waals surface area contributed by atoms with E-state index < -0.39 is 0 Å². The molecular weight excluding hydrogens is 206 g/mol. The van der Waals surface area contributed by atoms with Crippen molar-refractivity contribution in [2.24, 2.45) is 11.8 Å². The molecule has 1 aliphatic rings. The van der Waals surface area contributed by atoms with Gasteiger partial charge in [0.1, 0.15) is 0 Å². The van der Waals surface area contributed by atoms with Crippen molar-refractivity contribution in [3.63, 3.8) is 0 Å². The summed E-state index contributed by atoms with van der Waals surface area (Å²) in [6.45, 7) is 8.14. The van der Waals surface area contributed by atoms with Crippen LogP contribution in [0.5, 0.6) is 0 Å². The molecule has 0 saturated heterocycles. The summed E-state index contributed by atoms with van der Waals surface area (Å²) in [5, 5.41) is 3.77. The molecule has 0 aromatic heterocycles. The zero-order chi connectivity index (χ0) is 12.5. The first kappa shape index (κ1) is 15.0. The van der Waals surface area contributed by atoms with E-state index in [9.17, 15) is 0 Å². The van der Waals surface area contributed by atoms with Gasteiger partial charge in [0, 0.05) is 6.04 Å². The molecule has 0 aliphatic heterocycles. The fraction of sp³-hybridized carbons (Fsp3) is 1.00. The minimum absolute atomic E-state index is 0.791. The van der Waals surface area contributed by atoms with E-state index in [1.54, 1.807) is 0 Å². The van der Waals surface area contributed by atoms with Crippen LogP contribution < -0.4 is 5.32 Å². The van der Waals surface area contributed by atoms with Crippen LogP contribution in [0.25, 0.3) is 0 Å². The summed E-state index contributed by atoms with van der Waals surface area (Å²) >= 11 is 0. The third-order valence-corrected chi connectivity index (χ3v) is 4.37. The van der Waals surface area contributed by atoms with Gasteiger partial charge < -0.3 is 5.32 Å². The molecule has 1 rings (SSSR count). The zero-order valence-electron chi connectivity index (χ0n) is 12.3. The van der Waals surface area contributed by atoms with Gasteiger partial charge in [0.15, 0.2) is 0 Å². The van der Waals surface area contributed by atoms with E-state index >= 15 is 0 Å². The lowest BCUT2D eigenvalue weighted by Gasteiger charge is -2.29. The van der Waals surface area contributed by atoms with Gasteiger partial charge in [-0.3, -0.25) is 0 Å². The van der Waals surface area contributed by atoms with Gasteiger partial charge in [0.25, 0.3) is 0 Å². The lowest BCUT2D eigenvalue weighted by Crippen LogP contribution is -2.37. The maximum absolute atomic E-state index is 3.77. The van der Waals surface area contributed by atoms with E-state index in [4.69, 9.17) is 0 Å². The quantitative estimate of drug-likeness (QED) is 0.632. The minimum atomic E-state index is 0.791. The third-order valence-electron chi connectivity index (χ3n) is 4.37. The van der Waals surface area contributed by atoms with Crippen LogP contribution in [0.4, 0.5) is 0 Å². The van der Waals surface area contributed by atoms with E-state index in [0.717, 1.165) is 24.4 Å². The number of rotatable bonds is 7. The van der Waals surface area contributed by atoms with Crippen molar-refractivity contribution in [2.45, 2.75) is 84.6 Å². The first-order valence-electron chi connectivity index (χ1n) is 8.01. The van der Waals surface area contributed by atoms with Crippen LogP contribution in [0.1, 0.15) is 78.6 Å². The molecule has 1 saturated carbocycles. The van der Waals surface area contributed by atoms with Crippen LogP contribution >= 0.6 is 0 Å². The molecular formula is C16H33N. The molecule has 1 heteroatoms. The molecule has 0 radical (unpaired) electrons. The topological polar surface area (TPSA) is 12.0 Å². The summed E-state index contributed by atoms with van der Waals surface area (Å²) in [5.74, 6) is 1.85. The largest absolute Gasteiger partial charge is 0.314 e.